The molecule has 4 aliphatic carbocycles. The first kappa shape index (κ1) is 83.2. The highest BCUT2D eigenvalue weighted by atomic mass is 16.8. The smallest absolute Gasteiger partial charge is 0.331 e. The number of fused-ring (bicyclic) bond motifs is 5. The number of aliphatic hydroxyl groups is 8. The van der Waals surface area contributed by atoms with Gasteiger partial charge >= 0.3 is 5.97 Å². The Hall–Kier alpha value is -3.24. The second-order valence-corrected chi connectivity index (χ2v) is 32.0. The third-order valence-corrected chi connectivity index (χ3v) is 25.9. The molecule has 0 aromatic heterocycles. The van der Waals surface area contributed by atoms with Gasteiger partial charge in [0, 0.05) is 86.1 Å². The number of ether oxygens (including phenoxy) is 20. The summed E-state index contributed by atoms with van der Waals surface area (Å²) in [5.41, 5.74) is -6.51. The van der Waals surface area contributed by atoms with E-state index in [9.17, 15) is 50.4 Å². The number of Topliss-reactive ketones (excluding diaryl/α,β-unsaturated/α-hetero) is 1. The molecule has 37 unspecified atom stereocenters. The number of ketones is 1. The average molecular weight is 1520 g/mol. The van der Waals surface area contributed by atoms with Crippen LogP contribution in [0.1, 0.15) is 151 Å². The summed E-state index contributed by atoms with van der Waals surface area (Å²) in [6.07, 6.45) is -16.4. The number of carbonyl (C=O) groups excluding carboxylic acids is 2. The SMILES string of the molecule is COC1CC(OC2C(O)CC(OC3CCC4(C)C(=CCC5(O)C4CC(OC(=O)C=Cc4ccccc4)C4(C)C(O)(C(C)=O)CCC54O)C3)OC2C)OC(C)C1OC1CC(OC)C(OC2CC(OC)C(OC3CC(OC)C(OC4CC(OC)C(OC5OC(CO)C(O)C(O)C5O)C(C)O4)C(C)O3)C(C)O2)C(C)O1. The molecule has 3 saturated carbocycles. The van der Waals surface area contributed by atoms with E-state index in [-0.39, 0.29) is 51.0 Å². The summed E-state index contributed by atoms with van der Waals surface area (Å²) >= 11 is 0. The second-order valence-electron chi connectivity index (χ2n) is 32.0. The van der Waals surface area contributed by atoms with Gasteiger partial charge in [0.1, 0.15) is 83.9 Å². The molecule has 7 saturated heterocycles. The number of benzene rings is 1. The number of hydrogen-bond donors (Lipinski definition) is 8. The molecule has 11 aliphatic rings. The quantitative estimate of drug-likeness (QED) is 0.0417. The van der Waals surface area contributed by atoms with Crippen molar-refractivity contribution in [3.8, 4) is 0 Å². The minimum Gasteiger partial charge on any atom is -0.458 e. The molecule has 10 fully saturated rings. The van der Waals surface area contributed by atoms with Crippen LogP contribution in [0.4, 0.5) is 0 Å². The van der Waals surface area contributed by atoms with Crippen molar-refractivity contribution < 1.29 is 145 Å². The lowest BCUT2D eigenvalue weighted by atomic mass is 9.42. The van der Waals surface area contributed by atoms with Crippen LogP contribution in [0.3, 0.4) is 0 Å². The zero-order valence-corrected chi connectivity index (χ0v) is 64.1. The molecule has 30 nitrogen and oxygen atoms in total. The highest BCUT2D eigenvalue weighted by molar-refractivity contribution is 5.89. The minimum atomic E-state index is -2.08. The third-order valence-electron chi connectivity index (χ3n) is 25.9. The van der Waals surface area contributed by atoms with Crippen LogP contribution in [-0.4, -0.2) is 302 Å². The maximum absolute atomic E-state index is 13.7. The standard InChI is InChI=1S/C77H118O30/c1-37-66(47(80)29-57(93-37)99-46-23-24-73(8)45(28-46)22-25-76(86)54(73)35-55(101-56(81)21-20-44-18-16-15-17-19-44)74(9)75(85,43(7)79)26-27-77(74,76)87)102-58-30-48(88-10)67(38(2)94-58)103-59-31-49(89-11)68(39(3)95-59)104-60-32-50(90-12)69(40(4)96-60)105-61-33-51(91-13)70(41(5)97-61)106-62-34-52(92-14)71(42(6)98-62)107-72-65(84)64(83)63(82)53(36-78)100-72/h15-22,37-42,46-55,57-72,78,80,82-87H,23-36H2,1-14H3. The normalized spacial score (nSPS) is 49.6. The molecule has 7 aliphatic heterocycles. The zero-order valence-electron chi connectivity index (χ0n) is 64.1. The van der Waals surface area contributed by atoms with Crippen molar-refractivity contribution in [3.63, 3.8) is 0 Å². The van der Waals surface area contributed by atoms with Crippen LogP contribution in [-0.2, 0) is 104 Å². The van der Waals surface area contributed by atoms with Crippen LogP contribution in [0.15, 0.2) is 48.1 Å². The van der Waals surface area contributed by atoms with Crippen LogP contribution in [0.25, 0.3) is 6.08 Å². The van der Waals surface area contributed by atoms with Crippen molar-refractivity contribution in [2.45, 2.75) is 353 Å². The molecule has 1 aromatic rings. The number of methoxy groups -OCH3 is 5. The zero-order chi connectivity index (χ0) is 77.0. The Morgan fingerprint density at radius 3 is 1.38 bits per heavy atom. The molecule has 30 heteroatoms. The Kier molecular flexibility index (Phi) is 26.5. The van der Waals surface area contributed by atoms with Crippen molar-refractivity contribution in [1.82, 2.24) is 0 Å². The molecule has 606 valence electrons. The Morgan fingerprint density at radius 2 is 0.953 bits per heavy atom. The Balaban J connectivity index is 0.593. The highest BCUT2D eigenvalue weighted by Crippen LogP contribution is 2.71. The molecule has 0 bridgehead atoms. The summed E-state index contributed by atoms with van der Waals surface area (Å²) in [4.78, 5) is 27.1. The van der Waals surface area contributed by atoms with E-state index in [1.54, 1.807) is 48.4 Å². The predicted molar refractivity (Wildman–Crippen MR) is 373 cm³/mol. The summed E-state index contributed by atoms with van der Waals surface area (Å²) in [6.45, 7) is 15.4. The van der Waals surface area contributed by atoms with Gasteiger partial charge in [-0.05, 0) is 117 Å². The molecule has 12 rings (SSSR count). The molecule has 0 amide bonds. The summed E-state index contributed by atoms with van der Waals surface area (Å²) in [7, 11) is 7.92. The fourth-order valence-corrected chi connectivity index (χ4v) is 19.7. The summed E-state index contributed by atoms with van der Waals surface area (Å²) in [6, 6.07) is 9.24. The predicted octanol–water partition coefficient (Wildman–Crippen LogP) is 3.48. The van der Waals surface area contributed by atoms with E-state index < -0.39 is 236 Å². The van der Waals surface area contributed by atoms with Crippen LogP contribution < -0.4 is 0 Å². The van der Waals surface area contributed by atoms with Crippen molar-refractivity contribution in [2.24, 2.45) is 16.7 Å². The van der Waals surface area contributed by atoms with Crippen molar-refractivity contribution in [1.29, 1.82) is 0 Å². The van der Waals surface area contributed by atoms with Crippen molar-refractivity contribution in [3.05, 3.63) is 53.6 Å². The first-order valence-corrected chi connectivity index (χ1v) is 38.3. The van der Waals surface area contributed by atoms with Gasteiger partial charge in [0.2, 0.25) is 0 Å². The van der Waals surface area contributed by atoms with E-state index in [2.05, 4.69) is 6.92 Å². The maximum Gasteiger partial charge on any atom is 0.331 e. The van der Waals surface area contributed by atoms with Gasteiger partial charge in [0.25, 0.3) is 0 Å². The fraction of sp³-hybridized carbons (Fsp3) is 0.844. The lowest BCUT2D eigenvalue weighted by Crippen LogP contribution is -2.78. The first-order chi connectivity index (χ1) is 50.9. The Labute approximate surface area is 626 Å². The number of hydrogen-bond acceptors (Lipinski definition) is 30. The van der Waals surface area contributed by atoms with E-state index in [0.717, 1.165) is 11.1 Å². The molecular formula is C77H118O30. The summed E-state index contributed by atoms with van der Waals surface area (Å²) < 4.78 is 127. The molecule has 8 N–H and O–H groups in total. The minimum absolute atomic E-state index is 0.0438. The molecule has 7 heterocycles. The van der Waals surface area contributed by atoms with Gasteiger partial charge in [-0.2, -0.15) is 0 Å². The van der Waals surface area contributed by atoms with Crippen LogP contribution in [0.2, 0.25) is 0 Å². The number of rotatable bonds is 24. The number of carbonyl (C=O) groups is 2. The Morgan fingerprint density at radius 1 is 0.523 bits per heavy atom. The van der Waals surface area contributed by atoms with Crippen LogP contribution >= 0.6 is 0 Å². The van der Waals surface area contributed by atoms with Gasteiger partial charge in [-0.25, -0.2) is 4.79 Å². The van der Waals surface area contributed by atoms with Crippen molar-refractivity contribution in [2.75, 3.05) is 42.2 Å². The maximum atomic E-state index is 13.7. The van der Waals surface area contributed by atoms with Crippen LogP contribution in [0.5, 0.6) is 0 Å². The van der Waals surface area contributed by atoms with Gasteiger partial charge in [-0.3, -0.25) is 4.79 Å². The van der Waals surface area contributed by atoms with E-state index in [0.29, 0.717) is 38.5 Å². The molecule has 0 radical (unpaired) electrons. The molecule has 1 aromatic carbocycles. The Bertz CT molecular complexity index is 3160. The number of aliphatic hydroxyl groups excluding tert-OH is 5. The van der Waals surface area contributed by atoms with Gasteiger partial charge in [0.15, 0.2) is 49.8 Å². The largest absolute Gasteiger partial charge is 0.458 e. The summed E-state index contributed by atoms with van der Waals surface area (Å²) in [5, 5.41) is 91.1. The third kappa shape index (κ3) is 16.2. The van der Waals surface area contributed by atoms with Gasteiger partial charge < -0.3 is 136 Å². The average Bonchev–Trinajstić information content (AvgIpc) is 1.61. The number of esters is 1. The molecule has 37 atom stereocenters. The van der Waals surface area contributed by atoms with Crippen molar-refractivity contribution >= 4 is 17.8 Å². The fourth-order valence-electron chi connectivity index (χ4n) is 19.7. The lowest BCUT2D eigenvalue weighted by Gasteiger charge is -2.67. The second kappa shape index (κ2) is 34.1. The van der Waals surface area contributed by atoms with E-state index in [4.69, 9.17) is 94.7 Å². The van der Waals surface area contributed by atoms with Gasteiger partial charge in [-0.15, -0.1) is 0 Å². The molecular weight excluding hydrogens is 1400 g/mol. The van der Waals surface area contributed by atoms with E-state index in [1.165, 1.54) is 20.1 Å². The van der Waals surface area contributed by atoms with Gasteiger partial charge in [-0.1, -0.05) is 48.9 Å². The summed E-state index contributed by atoms with van der Waals surface area (Å²) in [5.74, 6) is -1.89. The van der Waals surface area contributed by atoms with E-state index >= 15 is 0 Å². The highest BCUT2D eigenvalue weighted by Gasteiger charge is 2.81. The first-order valence-electron chi connectivity index (χ1n) is 38.3. The lowest BCUT2D eigenvalue weighted by molar-refractivity contribution is -0.360. The van der Waals surface area contributed by atoms with Crippen LogP contribution in [0, 0.1) is 16.7 Å². The molecule has 107 heavy (non-hydrogen) atoms. The molecule has 0 spiro atoms. The van der Waals surface area contributed by atoms with Gasteiger partial charge in [0.05, 0.1) is 91.4 Å². The monoisotopic (exact) mass is 1520 g/mol. The topological polar surface area (TPSA) is 381 Å². The van der Waals surface area contributed by atoms with E-state index in [1.807, 2.05) is 71.0 Å².